The zero-order chi connectivity index (χ0) is 20.1. The smallest absolute Gasteiger partial charge is 0.258 e. The average molecular weight is 376 g/mol. The van der Waals surface area contributed by atoms with E-state index in [2.05, 4.69) is 0 Å². The van der Waals surface area contributed by atoms with Crippen molar-refractivity contribution in [3.63, 3.8) is 0 Å². The number of carbonyl (C=O) groups excluding carboxylic acids is 4. The lowest BCUT2D eigenvalue weighted by Crippen LogP contribution is -2.29. The van der Waals surface area contributed by atoms with E-state index in [1.165, 1.54) is 12.2 Å². The van der Waals surface area contributed by atoms with Crippen LogP contribution in [0.15, 0.2) is 60.7 Å². The molecule has 28 heavy (non-hydrogen) atoms. The minimum absolute atomic E-state index is 0.221. The first-order valence-corrected chi connectivity index (χ1v) is 9.05. The molecule has 2 aromatic carbocycles. The Kier molecular flexibility index (Phi) is 5.79. The van der Waals surface area contributed by atoms with Crippen LogP contribution in [0, 0.1) is 0 Å². The molecule has 0 spiro atoms. The fourth-order valence-electron chi connectivity index (χ4n) is 3.03. The molecule has 0 N–H and O–H groups in total. The second-order valence-electron chi connectivity index (χ2n) is 6.47. The molecule has 1 aliphatic heterocycles. The molecular formula is C22H20N2O4. The van der Waals surface area contributed by atoms with Crippen LogP contribution in [0.25, 0.3) is 0 Å². The van der Waals surface area contributed by atoms with E-state index in [1.54, 1.807) is 24.3 Å². The third-order valence-electron chi connectivity index (χ3n) is 4.46. The Labute approximate surface area is 163 Å². The summed E-state index contributed by atoms with van der Waals surface area (Å²) in [6, 6.07) is 14.5. The van der Waals surface area contributed by atoms with Gasteiger partial charge in [0.15, 0.2) is 0 Å². The van der Waals surface area contributed by atoms with Gasteiger partial charge in [0.25, 0.3) is 11.8 Å². The lowest BCUT2D eigenvalue weighted by atomic mass is 10.0. The maximum atomic E-state index is 12.0. The highest BCUT2D eigenvalue weighted by atomic mass is 16.2. The van der Waals surface area contributed by atoms with Crippen molar-refractivity contribution in [2.75, 3.05) is 9.80 Å². The number of hydrogen-bond acceptors (Lipinski definition) is 4. The highest BCUT2D eigenvalue weighted by Gasteiger charge is 2.24. The topological polar surface area (TPSA) is 74.8 Å². The lowest BCUT2D eigenvalue weighted by Gasteiger charge is -2.16. The SMILES string of the molecule is CCCC(=O)N(C=O)c1ccc(Cc2ccc(N3C(=O)C=CC3=O)cc2)cc1. The molecule has 0 aromatic heterocycles. The first kappa shape index (κ1) is 19.2. The summed E-state index contributed by atoms with van der Waals surface area (Å²) < 4.78 is 0. The van der Waals surface area contributed by atoms with E-state index < -0.39 is 0 Å². The van der Waals surface area contributed by atoms with Crippen molar-refractivity contribution in [2.45, 2.75) is 26.2 Å². The highest BCUT2D eigenvalue weighted by molar-refractivity contribution is 6.28. The van der Waals surface area contributed by atoms with Gasteiger partial charge in [-0.3, -0.25) is 24.1 Å². The Bertz CT molecular complexity index is 912. The average Bonchev–Trinajstić information content (AvgIpc) is 3.03. The van der Waals surface area contributed by atoms with Crippen LogP contribution in [0.5, 0.6) is 0 Å². The molecule has 0 bridgehead atoms. The Hall–Kier alpha value is -3.54. The number of benzene rings is 2. The quantitative estimate of drug-likeness (QED) is 0.550. The lowest BCUT2D eigenvalue weighted by molar-refractivity contribution is -0.122. The van der Waals surface area contributed by atoms with Gasteiger partial charge in [-0.05, 0) is 48.2 Å². The van der Waals surface area contributed by atoms with E-state index >= 15 is 0 Å². The van der Waals surface area contributed by atoms with Crippen LogP contribution in [0.3, 0.4) is 0 Å². The summed E-state index contributed by atoms with van der Waals surface area (Å²) in [6.07, 6.45) is 4.70. The first-order valence-electron chi connectivity index (χ1n) is 9.05. The maximum absolute atomic E-state index is 12.0. The summed E-state index contributed by atoms with van der Waals surface area (Å²) in [6.45, 7) is 1.89. The second-order valence-corrected chi connectivity index (χ2v) is 6.47. The summed E-state index contributed by atoms with van der Waals surface area (Å²) in [5.74, 6) is -0.905. The van der Waals surface area contributed by atoms with Gasteiger partial charge in [-0.2, -0.15) is 0 Å². The molecule has 6 nitrogen and oxygen atoms in total. The van der Waals surface area contributed by atoms with E-state index in [4.69, 9.17) is 0 Å². The highest BCUT2D eigenvalue weighted by Crippen LogP contribution is 2.22. The van der Waals surface area contributed by atoms with Crippen LogP contribution in [0.1, 0.15) is 30.9 Å². The zero-order valence-electron chi connectivity index (χ0n) is 15.5. The second kappa shape index (κ2) is 8.43. The molecule has 0 fully saturated rings. The molecule has 0 unspecified atom stereocenters. The number of imide groups is 2. The van der Waals surface area contributed by atoms with E-state index in [0.29, 0.717) is 37.0 Å². The number of rotatable bonds is 7. The minimum atomic E-state index is -0.342. The number of nitrogens with zero attached hydrogens (tertiary/aromatic N) is 2. The van der Waals surface area contributed by atoms with Crippen molar-refractivity contribution in [1.29, 1.82) is 0 Å². The van der Waals surface area contributed by atoms with Gasteiger partial charge in [-0.25, -0.2) is 4.90 Å². The Morgan fingerprint density at radius 1 is 0.929 bits per heavy atom. The molecule has 0 atom stereocenters. The number of hydrogen-bond donors (Lipinski definition) is 0. The summed E-state index contributed by atoms with van der Waals surface area (Å²) in [5, 5.41) is 0. The molecule has 1 aliphatic rings. The van der Waals surface area contributed by atoms with Crippen molar-refractivity contribution < 1.29 is 19.2 Å². The van der Waals surface area contributed by atoms with Crippen molar-refractivity contribution in [3.05, 3.63) is 71.8 Å². The van der Waals surface area contributed by atoms with Crippen LogP contribution in [-0.4, -0.2) is 24.1 Å². The Morgan fingerprint density at radius 2 is 1.46 bits per heavy atom. The van der Waals surface area contributed by atoms with Gasteiger partial charge in [0.2, 0.25) is 12.3 Å². The van der Waals surface area contributed by atoms with Crippen molar-refractivity contribution >= 4 is 35.5 Å². The summed E-state index contributed by atoms with van der Waals surface area (Å²) >= 11 is 0. The predicted octanol–water partition coefficient (Wildman–Crippen LogP) is 3.00. The van der Waals surface area contributed by atoms with E-state index in [1.807, 2.05) is 31.2 Å². The number of amides is 4. The predicted molar refractivity (Wildman–Crippen MR) is 106 cm³/mol. The van der Waals surface area contributed by atoms with E-state index in [-0.39, 0.29) is 17.7 Å². The summed E-state index contributed by atoms with van der Waals surface area (Å²) in [4.78, 5) is 48.9. The first-order chi connectivity index (χ1) is 13.5. The van der Waals surface area contributed by atoms with Gasteiger partial charge in [0.05, 0.1) is 11.4 Å². The molecule has 0 saturated carbocycles. The van der Waals surface area contributed by atoms with Gasteiger partial charge in [-0.1, -0.05) is 31.2 Å². The maximum Gasteiger partial charge on any atom is 0.258 e. The summed E-state index contributed by atoms with van der Waals surface area (Å²) in [7, 11) is 0. The largest absolute Gasteiger partial charge is 0.278 e. The molecular weight excluding hydrogens is 356 g/mol. The van der Waals surface area contributed by atoms with E-state index in [0.717, 1.165) is 20.9 Å². The third-order valence-corrected chi connectivity index (χ3v) is 4.46. The molecule has 3 rings (SSSR count). The number of anilines is 2. The molecule has 0 saturated heterocycles. The monoisotopic (exact) mass is 376 g/mol. The molecule has 142 valence electrons. The van der Waals surface area contributed by atoms with Crippen LogP contribution in [-0.2, 0) is 25.6 Å². The molecule has 0 aliphatic carbocycles. The van der Waals surface area contributed by atoms with Crippen molar-refractivity contribution in [3.8, 4) is 0 Å². The normalized spacial score (nSPS) is 13.1. The molecule has 1 heterocycles. The van der Waals surface area contributed by atoms with E-state index in [9.17, 15) is 19.2 Å². The molecule has 6 heteroatoms. The van der Waals surface area contributed by atoms with Gasteiger partial charge in [0.1, 0.15) is 0 Å². The van der Waals surface area contributed by atoms with Crippen LogP contribution < -0.4 is 9.80 Å². The van der Waals surface area contributed by atoms with Crippen LogP contribution in [0.2, 0.25) is 0 Å². The van der Waals surface area contributed by atoms with Gasteiger partial charge in [0, 0.05) is 18.6 Å². The molecule has 2 aromatic rings. The van der Waals surface area contributed by atoms with Crippen molar-refractivity contribution in [2.24, 2.45) is 0 Å². The van der Waals surface area contributed by atoms with Gasteiger partial charge < -0.3 is 0 Å². The number of carbonyl (C=O) groups is 4. The molecule has 4 amide bonds. The van der Waals surface area contributed by atoms with Crippen LogP contribution >= 0.6 is 0 Å². The fraction of sp³-hybridized carbons (Fsp3) is 0.182. The summed E-state index contributed by atoms with van der Waals surface area (Å²) in [5.41, 5.74) is 3.11. The van der Waals surface area contributed by atoms with Gasteiger partial charge in [-0.15, -0.1) is 0 Å². The minimum Gasteiger partial charge on any atom is -0.278 e. The van der Waals surface area contributed by atoms with Gasteiger partial charge >= 0.3 is 0 Å². The Balaban J connectivity index is 1.69. The standard InChI is InChI=1S/C22H20N2O4/c1-2-3-20(26)23(15-25)18-8-4-16(5-9-18)14-17-6-10-19(11-7-17)24-21(27)12-13-22(24)28/h4-13,15H,2-3,14H2,1H3. The third kappa shape index (κ3) is 4.06. The Morgan fingerprint density at radius 3 is 1.96 bits per heavy atom. The fourth-order valence-corrected chi connectivity index (χ4v) is 3.03. The zero-order valence-corrected chi connectivity index (χ0v) is 15.5. The van der Waals surface area contributed by atoms with Crippen LogP contribution in [0.4, 0.5) is 11.4 Å². The van der Waals surface area contributed by atoms with Crippen molar-refractivity contribution in [1.82, 2.24) is 0 Å². The molecule has 0 radical (unpaired) electrons.